The van der Waals surface area contributed by atoms with E-state index in [0.717, 1.165) is 6.07 Å². The summed E-state index contributed by atoms with van der Waals surface area (Å²) in [4.78, 5) is 13.1. The van der Waals surface area contributed by atoms with Gasteiger partial charge in [-0.15, -0.1) is 0 Å². The summed E-state index contributed by atoms with van der Waals surface area (Å²) >= 11 is 0. The van der Waals surface area contributed by atoms with Gasteiger partial charge in [0.15, 0.2) is 0 Å². The third kappa shape index (κ3) is 5.14. The van der Waals surface area contributed by atoms with Crippen LogP contribution >= 0.6 is 0 Å². The predicted molar refractivity (Wildman–Crippen MR) is 92.9 cm³/mol. The van der Waals surface area contributed by atoms with E-state index in [-0.39, 0.29) is 17.3 Å². The Labute approximate surface area is 146 Å². The normalized spacial score (nSPS) is 10.7. The van der Waals surface area contributed by atoms with E-state index in [1.807, 2.05) is 0 Å². The first-order valence-corrected chi connectivity index (χ1v) is 8.84. The average molecular weight is 360 g/mol. The van der Waals surface area contributed by atoms with Gasteiger partial charge in [0.25, 0.3) is 5.91 Å². The van der Waals surface area contributed by atoms with E-state index in [4.69, 9.17) is 0 Å². The Kier molecular flexibility index (Phi) is 5.91. The SMILES string of the molecule is CN(C)C(=O)c1ccc(C#CCNS(=O)(=O)c2cccc(F)c2)cc1. The number of nitrogens with zero attached hydrogens (tertiary/aromatic N) is 1. The first kappa shape index (κ1) is 18.6. The number of amides is 1. The molecular weight excluding hydrogens is 343 g/mol. The van der Waals surface area contributed by atoms with Crippen molar-refractivity contribution in [3.05, 3.63) is 65.5 Å². The van der Waals surface area contributed by atoms with Gasteiger partial charge in [0.2, 0.25) is 10.0 Å². The zero-order valence-corrected chi connectivity index (χ0v) is 14.6. The highest BCUT2D eigenvalue weighted by Gasteiger charge is 2.13. The number of carbonyl (C=O) groups is 1. The summed E-state index contributed by atoms with van der Waals surface area (Å²) in [5.41, 5.74) is 1.20. The fourth-order valence-corrected chi connectivity index (χ4v) is 2.90. The Morgan fingerprint density at radius 3 is 2.44 bits per heavy atom. The van der Waals surface area contributed by atoms with E-state index in [2.05, 4.69) is 16.6 Å². The molecule has 0 aliphatic heterocycles. The predicted octanol–water partition coefficient (Wildman–Crippen LogP) is 1.86. The largest absolute Gasteiger partial charge is 0.345 e. The van der Waals surface area contributed by atoms with Gasteiger partial charge in [-0.2, -0.15) is 4.72 Å². The molecule has 0 saturated carbocycles. The summed E-state index contributed by atoms with van der Waals surface area (Å²) in [6, 6.07) is 11.4. The number of carbonyl (C=O) groups excluding carboxylic acids is 1. The molecule has 0 saturated heterocycles. The van der Waals surface area contributed by atoms with Crippen molar-refractivity contribution in [2.45, 2.75) is 4.90 Å². The van der Waals surface area contributed by atoms with Crippen LogP contribution in [0.4, 0.5) is 4.39 Å². The van der Waals surface area contributed by atoms with Gasteiger partial charge in [0.1, 0.15) is 5.82 Å². The molecule has 1 N–H and O–H groups in total. The van der Waals surface area contributed by atoms with Crippen LogP contribution < -0.4 is 4.72 Å². The van der Waals surface area contributed by atoms with E-state index >= 15 is 0 Å². The molecule has 2 rings (SSSR count). The van der Waals surface area contributed by atoms with Crippen molar-refractivity contribution in [2.24, 2.45) is 0 Å². The van der Waals surface area contributed by atoms with Crippen LogP contribution in [0.1, 0.15) is 15.9 Å². The Bertz CT molecular complexity index is 927. The molecule has 5 nitrogen and oxygen atoms in total. The summed E-state index contributed by atoms with van der Waals surface area (Å²) in [5.74, 6) is 4.75. The van der Waals surface area contributed by atoms with E-state index in [1.54, 1.807) is 38.4 Å². The molecule has 2 aromatic rings. The van der Waals surface area contributed by atoms with Crippen LogP contribution in [0.5, 0.6) is 0 Å². The minimum Gasteiger partial charge on any atom is -0.345 e. The van der Waals surface area contributed by atoms with Gasteiger partial charge in [-0.1, -0.05) is 17.9 Å². The summed E-state index contributed by atoms with van der Waals surface area (Å²) in [6.07, 6.45) is 0. The smallest absolute Gasteiger partial charge is 0.253 e. The highest BCUT2D eigenvalue weighted by Crippen LogP contribution is 2.10. The molecule has 0 unspecified atom stereocenters. The van der Waals surface area contributed by atoms with E-state index in [1.165, 1.54) is 23.1 Å². The molecule has 0 aliphatic rings. The van der Waals surface area contributed by atoms with Crippen molar-refractivity contribution in [3.63, 3.8) is 0 Å². The van der Waals surface area contributed by atoms with Gasteiger partial charge in [0, 0.05) is 25.2 Å². The molecule has 0 atom stereocenters. The Hall–Kier alpha value is -2.69. The van der Waals surface area contributed by atoms with Crippen LogP contribution in [-0.2, 0) is 10.0 Å². The monoisotopic (exact) mass is 360 g/mol. The highest BCUT2D eigenvalue weighted by atomic mass is 32.2. The topological polar surface area (TPSA) is 66.5 Å². The van der Waals surface area contributed by atoms with Crippen LogP contribution in [0.15, 0.2) is 53.4 Å². The lowest BCUT2D eigenvalue weighted by Gasteiger charge is -2.09. The van der Waals surface area contributed by atoms with Crippen LogP contribution in [0, 0.1) is 17.7 Å². The zero-order valence-electron chi connectivity index (χ0n) is 13.8. The lowest BCUT2D eigenvalue weighted by Crippen LogP contribution is -2.24. The van der Waals surface area contributed by atoms with Crippen LogP contribution in [0.25, 0.3) is 0 Å². The number of sulfonamides is 1. The second kappa shape index (κ2) is 7.92. The van der Waals surface area contributed by atoms with Crippen molar-refractivity contribution in [3.8, 4) is 11.8 Å². The molecule has 7 heteroatoms. The first-order valence-electron chi connectivity index (χ1n) is 7.35. The molecule has 0 fully saturated rings. The second-order valence-electron chi connectivity index (χ2n) is 5.36. The summed E-state index contributed by atoms with van der Waals surface area (Å²) in [7, 11) is -0.473. The van der Waals surface area contributed by atoms with Gasteiger partial charge in [-0.25, -0.2) is 12.8 Å². The molecule has 2 aromatic carbocycles. The lowest BCUT2D eigenvalue weighted by atomic mass is 10.1. The highest BCUT2D eigenvalue weighted by molar-refractivity contribution is 7.89. The van der Waals surface area contributed by atoms with Crippen molar-refractivity contribution in [2.75, 3.05) is 20.6 Å². The molecule has 0 heterocycles. The number of nitrogens with one attached hydrogen (secondary N) is 1. The fraction of sp³-hybridized carbons (Fsp3) is 0.167. The zero-order chi connectivity index (χ0) is 18.4. The number of rotatable bonds is 4. The van der Waals surface area contributed by atoms with Crippen molar-refractivity contribution in [1.29, 1.82) is 0 Å². The summed E-state index contributed by atoms with van der Waals surface area (Å²) in [5, 5.41) is 0. The molecule has 25 heavy (non-hydrogen) atoms. The lowest BCUT2D eigenvalue weighted by molar-refractivity contribution is 0.0827. The van der Waals surface area contributed by atoms with Gasteiger partial charge >= 0.3 is 0 Å². The summed E-state index contributed by atoms with van der Waals surface area (Å²) in [6.45, 7) is -0.114. The number of hydrogen-bond acceptors (Lipinski definition) is 3. The Morgan fingerprint density at radius 1 is 1.16 bits per heavy atom. The van der Waals surface area contributed by atoms with E-state index in [0.29, 0.717) is 11.1 Å². The quantitative estimate of drug-likeness (QED) is 0.847. The molecular formula is C18H17FN2O3S. The molecule has 0 spiro atoms. The molecule has 0 aromatic heterocycles. The van der Waals surface area contributed by atoms with Gasteiger partial charge < -0.3 is 4.90 Å². The average Bonchev–Trinajstić information content (AvgIpc) is 2.58. The van der Waals surface area contributed by atoms with E-state index in [9.17, 15) is 17.6 Å². The van der Waals surface area contributed by atoms with Crippen LogP contribution in [0.3, 0.4) is 0 Å². The van der Waals surface area contributed by atoms with Crippen molar-refractivity contribution in [1.82, 2.24) is 9.62 Å². The third-order valence-electron chi connectivity index (χ3n) is 3.23. The number of halogens is 1. The molecule has 0 aliphatic carbocycles. The molecule has 1 amide bonds. The molecule has 0 radical (unpaired) electrons. The number of benzene rings is 2. The maximum atomic E-state index is 13.1. The standard InChI is InChI=1S/C18H17FN2O3S/c1-21(2)18(22)15-10-8-14(9-11-15)5-4-12-20-25(23,24)17-7-3-6-16(19)13-17/h3,6-11,13,20H,12H2,1-2H3. The third-order valence-corrected chi connectivity index (χ3v) is 4.63. The maximum Gasteiger partial charge on any atom is 0.253 e. The molecule has 0 bridgehead atoms. The van der Waals surface area contributed by atoms with E-state index < -0.39 is 15.8 Å². The van der Waals surface area contributed by atoms with Gasteiger partial charge in [-0.05, 0) is 42.5 Å². The van der Waals surface area contributed by atoms with Crippen molar-refractivity contribution >= 4 is 15.9 Å². The minimum absolute atomic E-state index is 0.109. The maximum absolute atomic E-state index is 13.1. The summed E-state index contributed by atoms with van der Waals surface area (Å²) < 4.78 is 39.4. The number of hydrogen-bond donors (Lipinski definition) is 1. The minimum atomic E-state index is -3.81. The van der Waals surface area contributed by atoms with Gasteiger partial charge in [0.05, 0.1) is 11.4 Å². The fourth-order valence-electron chi connectivity index (χ4n) is 1.95. The Morgan fingerprint density at radius 2 is 1.84 bits per heavy atom. The molecule has 130 valence electrons. The van der Waals surface area contributed by atoms with Gasteiger partial charge in [-0.3, -0.25) is 4.79 Å². The van der Waals surface area contributed by atoms with Crippen molar-refractivity contribution < 1.29 is 17.6 Å². The second-order valence-corrected chi connectivity index (χ2v) is 7.13. The Balaban J connectivity index is 2.00. The van der Waals surface area contributed by atoms with Crippen LogP contribution in [-0.4, -0.2) is 39.9 Å². The van der Waals surface area contributed by atoms with Crippen LogP contribution in [0.2, 0.25) is 0 Å². The first-order chi connectivity index (χ1) is 11.8.